The van der Waals surface area contributed by atoms with Crippen LogP contribution in [0.15, 0.2) is 18.2 Å². The van der Waals surface area contributed by atoms with E-state index in [1.165, 1.54) is 11.1 Å². The van der Waals surface area contributed by atoms with Gasteiger partial charge in [0, 0.05) is 11.5 Å². The number of primary amides is 1. The molecule has 1 aliphatic carbocycles. The molecule has 3 unspecified atom stereocenters. The quantitative estimate of drug-likeness (QED) is 0.904. The van der Waals surface area contributed by atoms with Crippen LogP contribution in [0.25, 0.3) is 0 Å². The number of ether oxygens (including phenoxy) is 2. The third kappa shape index (κ3) is 2.38. The van der Waals surface area contributed by atoms with E-state index in [9.17, 15) is 4.79 Å². The highest BCUT2D eigenvalue weighted by atomic mass is 16.5. The molecule has 0 aromatic heterocycles. The number of piperidine rings is 1. The second kappa shape index (κ2) is 5.56. The highest BCUT2D eigenvalue weighted by Crippen LogP contribution is 2.46. The second-order valence-corrected chi connectivity index (χ2v) is 6.64. The molecule has 1 fully saturated rings. The lowest BCUT2D eigenvalue weighted by Crippen LogP contribution is -2.62. The number of likely N-dealkylation sites (tertiary alicyclic amines) is 1. The normalized spacial score (nSPS) is 30.7. The summed E-state index contributed by atoms with van der Waals surface area (Å²) in [6.07, 6.45) is 1.89. The van der Waals surface area contributed by atoms with Gasteiger partial charge in [0.1, 0.15) is 12.4 Å². The standard InChI is InChI=1S/C17H24N2O3/c1-17-6-7-19(2)14(16(17)22-10-15(18)20)8-11-4-5-12(21-3)9-13(11)17/h4-5,9,14,16H,6-8,10H2,1-3H3,(H2,18,20). The number of likely N-dealkylation sites (N-methyl/N-ethyl adjacent to an activating group) is 1. The summed E-state index contributed by atoms with van der Waals surface area (Å²) in [5.41, 5.74) is 7.79. The number of hydrogen-bond donors (Lipinski definition) is 1. The van der Waals surface area contributed by atoms with Crippen molar-refractivity contribution in [1.82, 2.24) is 4.90 Å². The lowest BCUT2D eigenvalue weighted by Gasteiger charge is -2.54. The number of rotatable bonds is 4. The molecular formula is C17H24N2O3. The molecule has 5 heteroatoms. The van der Waals surface area contributed by atoms with Gasteiger partial charge >= 0.3 is 0 Å². The molecule has 1 aromatic rings. The summed E-state index contributed by atoms with van der Waals surface area (Å²) in [5.74, 6) is 0.451. The highest BCUT2D eigenvalue weighted by molar-refractivity contribution is 5.75. The lowest BCUT2D eigenvalue weighted by atomic mass is 9.63. The van der Waals surface area contributed by atoms with Crippen molar-refractivity contribution in [2.45, 2.75) is 37.3 Å². The SMILES string of the molecule is COc1ccc2c(c1)C1(C)CCN(C)C(C2)C1OCC(N)=O. The maximum atomic E-state index is 11.2. The van der Waals surface area contributed by atoms with Crippen LogP contribution in [0.2, 0.25) is 0 Å². The summed E-state index contributed by atoms with van der Waals surface area (Å²) in [6.45, 7) is 3.23. The average Bonchev–Trinajstić information content (AvgIpc) is 2.50. The number of carbonyl (C=O) groups excluding carboxylic acids is 1. The number of benzene rings is 1. The Kier molecular flexibility index (Phi) is 3.87. The number of carbonyl (C=O) groups is 1. The van der Waals surface area contributed by atoms with Gasteiger partial charge in [-0.25, -0.2) is 0 Å². The van der Waals surface area contributed by atoms with Crippen molar-refractivity contribution < 1.29 is 14.3 Å². The first-order valence-corrected chi connectivity index (χ1v) is 7.73. The van der Waals surface area contributed by atoms with E-state index in [0.717, 1.165) is 25.1 Å². The van der Waals surface area contributed by atoms with Crippen LogP contribution >= 0.6 is 0 Å². The molecule has 22 heavy (non-hydrogen) atoms. The fraction of sp³-hybridized carbons (Fsp3) is 0.588. The van der Waals surface area contributed by atoms with Gasteiger partial charge in [0.2, 0.25) is 5.91 Å². The molecule has 2 N–H and O–H groups in total. The summed E-state index contributed by atoms with van der Waals surface area (Å²) in [7, 11) is 3.81. The molecule has 1 aromatic carbocycles. The van der Waals surface area contributed by atoms with Crippen LogP contribution in [0.3, 0.4) is 0 Å². The van der Waals surface area contributed by atoms with E-state index in [0.29, 0.717) is 0 Å². The Balaban J connectivity index is 2.02. The van der Waals surface area contributed by atoms with Gasteiger partial charge in [-0.05, 0) is 49.7 Å². The number of methoxy groups -OCH3 is 1. The predicted molar refractivity (Wildman–Crippen MR) is 84.0 cm³/mol. The van der Waals surface area contributed by atoms with Crippen molar-refractivity contribution >= 4 is 5.91 Å². The molecule has 0 radical (unpaired) electrons. The van der Waals surface area contributed by atoms with E-state index < -0.39 is 5.91 Å². The molecule has 3 atom stereocenters. The van der Waals surface area contributed by atoms with E-state index in [1.807, 2.05) is 6.07 Å². The van der Waals surface area contributed by atoms with E-state index in [2.05, 4.69) is 31.0 Å². The molecule has 1 amide bonds. The first-order valence-electron chi connectivity index (χ1n) is 7.73. The largest absolute Gasteiger partial charge is 0.497 e. The molecule has 1 heterocycles. The summed E-state index contributed by atoms with van der Waals surface area (Å²) >= 11 is 0. The lowest BCUT2D eigenvalue weighted by molar-refractivity contribution is -0.133. The van der Waals surface area contributed by atoms with Crippen molar-refractivity contribution in [3.05, 3.63) is 29.3 Å². The van der Waals surface area contributed by atoms with E-state index >= 15 is 0 Å². The van der Waals surface area contributed by atoms with Gasteiger partial charge in [-0.2, -0.15) is 0 Å². The van der Waals surface area contributed by atoms with Crippen LogP contribution in [0.5, 0.6) is 5.75 Å². The average molecular weight is 304 g/mol. The van der Waals surface area contributed by atoms with E-state index in [1.54, 1.807) is 7.11 Å². The van der Waals surface area contributed by atoms with E-state index in [-0.39, 0.29) is 24.2 Å². The summed E-state index contributed by atoms with van der Waals surface area (Å²) in [5, 5.41) is 0. The molecule has 0 spiro atoms. The number of fused-ring (bicyclic) bond motifs is 4. The minimum Gasteiger partial charge on any atom is -0.497 e. The van der Waals surface area contributed by atoms with Gasteiger partial charge in [-0.3, -0.25) is 4.79 Å². The maximum absolute atomic E-state index is 11.2. The predicted octanol–water partition coefficient (Wildman–Crippen LogP) is 1.08. The number of amides is 1. The second-order valence-electron chi connectivity index (χ2n) is 6.64. The van der Waals surface area contributed by atoms with Crippen LogP contribution in [0, 0.1) is 0 Å². The Morgan fingerprint density at radius 3 is 2.95 bits per heavy atom. The Morgan fingerprint density at radius 2 is 2.27 bits per heavy atom. The van der Waals surface area contributed by atoms with Crippen LogP contribution in [-0.4, -0.2) is 50.3 Å². The zero-order valence-electron chi connectivity index (χ0n) is 13.5. The fourth-order valence-electron chi connectivity index (χ4n) is 4.01. The van der Waals surface area contributed by atoms with Crippen molar-refractivity contribution in [2.24, 2.45) is 5.73 Å². The van der Waals surface area contributed by atoms with Crippen LogP contribution in [-0.2, 0) is 21.4 Å². The van der Waals surface area contributed by atoms with E-state index in [4.69, 9.17) is 15.2 Å². The molecule has 1 aliphatic heterocycles. The first-order chi connectivity index (χ1) is 10.5. The van der Waals surface area contributed by atoms with Gasteiger partial charge in [0.05, 0.1) is 13.2 Å². The van der Waals surface area contributed by atoms with Crippen LogP contribution in [0.4, 0.5) is 0 Å². The Morgan fingerprint density at radius 1 is 1.50 bits per heavy atom. The molecule has 3 rings (SSSR count). The Labute approximate surface area is 131 Å². The Bertz CT molecular complexity index is 589. The zero-order chi connectivity index (χ0) is 15.9. The number of nitrogens with two attached hydrogens (primary N) is 1. The maximum Gasteiger partial charge on any atom is 0.243 e. The molecule has 2 aliphatic rings. The Hall–Kier alpha value is -1.59. The monoisotopic (exact) mass is 304 g/mol. The van der Waals surface area contributed by atoms with Crippen LogP contribution in [0.1, 0.15) is 24.5 Å². The van der Waals surface area contributed by atoms with Crippen molar-refractivity contribution in [3.8, 4) is 5.75 Å². The molecule has 1 saturated heterocycles. The van der Waals surface area contributed by atoms with Crippen molar-refractivity contribution in [2.75, 3.05) is 27.3 Å². The van der Waals surface area contributed by atoms with Gasteiger partial charge in [-0.1, -0.05) is 13.0 Å². The topological polar surface area (TPSA) is 64.8 Å². The molecule has 120 valence electrons. The van der Waals surface area contributed by atoms with Gasteiger partial charge in [0.15, 0.2) is 0 Å². The third-order valence-electron chi connectivity index (χ3n) is 5.29. The molecule has 0 saturated carbocycles. The summed E-state index contributed by atoms with van der Waals surface area (Å²) in [6, 6.07) is 6.57. The van der Waals surface area contributed by atoms with Gasteiger partial charge in [0.25, 0.3) is 0 Å². The third-order valence-corrected chi connectivity index (χ3v) is 5.29. The first kappa shape index (κ1) is 15.3. The highest BCUT2D eigenvalue weighted by Gasteiger charge is 2.50. The minimum atomic E-state index is -0.416. The summed E-state index contributed by atoms with van der Waals surface area (Å²) < 4.78 is 11.4. The van der Waals surface area contributed by atoms with Gasteiger partial charge in [-0.15, -0.1) is 0 Å². The summed E-state index contributed by atoms with van der Waals surface area (Å²) in [4.78, 5) is 13.5. The molecule has 5 nitrogen and oxygen atoms in total. The minimum absolute atomic E-state index is 0.0239. The van der Waals surface area contributed by atoms with Crippen LogP contribution < -0.4 is 10.5 Å². The molecule has 2 bridgehead atoms. The number of hydrogen-bond acceptors (Lipinski definition) is 4. The zero-order valence-corrected chi connectivity index (χ0v) is 13.5. The fourth-order valence-corrected chi connectivity index (χ4v) is 4.01. The van der Waals surface area contributed by atoms with Crippen molar-refractivity contribution in [3.63, 3.8) is 0 Å². The smallest absolute Gasteiger partial charge is 0.243 e. The number of nitrogens with zero attached hydrogens (tertiary/aromatic N) is 1. The van der Waals surface area contributed by atoms with Crippen molar-refractivity contribution in [1.29, 1.82) is 0 Å². The van der Waals surface area contributed by atoms with Gasteiger partial charge < -0.3 is 20.1 Å². The molecular weight excluding hydrogens is 280 g/mol.